The minimum Gasteiger partial charge on any atom is -0.463 e. The Hall–Kier alpha value is -1.51. The molecule has 128 valence electrons. The maximum absolute atomic E-state index is 12.7. The van der Waals surface area contributed by atoms with Gasteiger partial charge in [-0.15, -0.1) is 0 Å². The zero-order valence-electron chi connectivity index (χ0n) is 15.1. The van der Waals surface area contributed by atoms with Crippen LogP contribution in [0.2, 0.25) is 11.6 Å². The predicted octanol–water partition coefficient (Wildman–Crippen LogP) is 5.56. The number of carbonyl (C=O) groups excluding carboxylic acids is 1. The lowest BCUT2D eigenvalue weighted by atomic mass is 9.23. The lowest BCUT2D eigenvalue weighted by molar-refractivity contribution is -0.138. The highest BCUT2D eigenvalue weighted by atomic mass is 16.5. The van der Waals surface area contributed by atoms with E-state index in [1.165, 1.54) is 49.6 Å². The molecule has 0 spiro atoms. The van der Waals surface area contributed by atoms with E-state index in [0.29, 0.717) is 13.3 Å². The molecule has 0 radical (unpaired) electrons. The average Bonchev–Trinajstić information content (AvgIpc) is 2.60. The van der Waals surface area contributed by atoms with Gasteiger partial charge in [-0.05, 0) is 18.9 Å². The SMILES string of the molecule is CCOC(=O)/C(CC)=C(\B1C2CCCC1CCC2)c1ccccc1. The van der Waals surface area contributed by atoms with Gasteiger partial charge < -0.3 is 4.74 Å². The van der Waals surface area contributed by atoms with E-state index in [0.717, 1.165) is 23.6 Å². The molecule has 2 saturated heterocycles. The van der Waals surface area contributed by atoms with Crippen molar-refractivity contribution < 1.29 is 9.53 Å². The molecule has 2 nitrogen and oxygen atoms in total. The van der Waals surface area contributed by atoms with Crippen LogP contribution in [-0.4, -0.2) is 19.3 Å². The van der Waals surface area contributed by atoms with E-state index in [-0.39, 0.29) is 5.97 Å². The summed E-state index contributed by atoms with van der Waals surface area (Å²) in [6, 6.07) is 10.6. The third kappa shape index (κ3) is 3.45. The average molecular weight is 324 g/mol. The highest BCUT2D eigenvalue weighted by molar-refractivity contribution is 6.82. The van der Waals surface area contributed by atoms with Crippen molar-refractivity contribution in [3.8, 4) is 0 Å². The topological polar surface area (TPSA) is 26.3 Å². The van der Waals surface area contributed by atoms with Gasteiger partial charge in [-0.3, -0.25) is 0 Å². The zero-order chi connectivity index (χ0) is 16.9. The van der Waals surface area contributed by atoms with E-state index >= 15 is 0 Å². The van der Waals surface area contributed by atoms with Gasteiger partial charge in [0, 0.05) is 5.57 Å². The molecule has 3 rings (SSSR count). The summed E-state index contributed by atoms with van der Waals surface area (Å²) in [4.78, 5) is 12.7. The van der Waals surface area contributed by atoms with Gasteiger partial charge in [-0.25, -0.2) is 4.79 Å². The van der Waals surface area contributed by atoms with Gasteiger partial charge in [0.2, 0.25) is 0 Å². The quantitative estimate of drug-likeness (QED) is 0.403. The molecule has 2 fully saturated rings. The van der Waals surface area contributed by atoms with Crippen LogP contribution in [-0.2, 0) is 9.53 Å². The largest absolute Gasteiger partial charge is 0.463 e. The van der Waals surface area contributed by atoms with Gasteiger partial charge in [0.25, 0.3) is 0 Å². The van der Waals surface area contributed by atoms with Crippen LogP contribution in [0.4, 0.5) is 0 Å². The molecular formula is C21H29BO2. The van der Waals surface area contributed by atoms with Crippen molar-refractivity contribution in [1.29, 1.82) is 0 Å². The molecule has 2 aliphatic heterocycles. The molecule has 2 aliphatic rings. The summed E-state index contributed by atoms with van der Waals surface area (Å²) in [5.41, 5.74) is 3.43. The van der Waals surface area contributed by atoms with Crippen LogP contribution in [0.3, 0.4) is 0 Å². The summed E-state index contributed by atoms with van der Waals surface area (Å²) in [6.07, 6.45) is 8.73. The Balaban J connectivity index is 2.10. The van der Waals surface area contributed by atoms with Gasteiger partial charge in [-0.1, -0.05) is 92.9 Å². The van der Waals surface area contributed by atoms with Crippen molar-refractivity contribution in [3.05, 3.63) is 41.5 Å². The summed E-state index contributed by atoms with van der Waals surface area (Å²) < 4.78 is 5.41. The normalized spacial score (nSPS) is 24.3. The lowest BCUT2D eigenvalue weighted by Gasteiger charge is -2.42. The minimum atomic E-state index is -0.109. The first-order valence-electron chi connectivity index (χ1n) is 9.71. The van der Waals surface area contributed by atoms with Crippen molar-refractivity contribution in [3.63, 3.8) is 0 Å². The van der Waals surface area contributed by atoms with Crippen molar-refractivity contribution in [2.75, 3.05) is 6.61 Å². The molecular weight excluding hydrogens is 295 g/mol. The van der Waals surface area contributed by atoms with Crippen molar-refractivity contribution in [2.24, 2.45) is 0 Å². The van der Waals surface area contributed by atoms with Crippen LogP contribution < -0.4 is 0 Å². The van der Waals surface area contributed by atoms with Crippen LogP contribution >= 0.6 is 0 Å². The van der Waals surface area contributed by atoms with Crippen LogP contribution in [0.15, 0.2) is 35.9 Å². The first-order valence-corrected chi connectivity index (χ1v) is 9.71. The number of hydrogen-bond donors (Lipinski definition) is 0. The van der Waals surface area contributed by atoms with Gasteiger partial charge in [0.15, 0.2) is 6.71 Å². The Morgan fingerprint density at radius 2 is 1.62 bits per heavy atom. The molecule has 0 atom stereocenters. The molecule has 0 unspecified atom stereocenters. The Labute approximate surface area is 146 Å². The second kappa shape index (κ2) is 8.05. The van der Waals surface area contributed by atoms with Gasteiger partial charge in [0.1, 0.15) is 0 Å². The number of hydrogen-bond acceptors (Lipinski definition) is 2. The number of benzene rings is 1. The maximum Gasteiger partial charge on any atom is 0.333 e. The Kier molecular flexibility index (Phi) is 5.81. The predicted molar refractivity (Wildman–Crippen MR) is 101 cm³/mol. The molecule has 0 N–H and O–H groups in total. The standard InChI is InChI=1S/C21H29BO2/c1-3-19(21(23)24-4-2)20(16-10-6-5-7-11-16)22-17-12-8-13-18(22)15-9-14-17/h5-7,10-11,17-18H,3-4,8-9,12-15H2,1-2H3/b20-19-. The van der Waals surface area contributed by atoms with Gasteiger partial charge in [0.05, 0.1) is 6.61 Å². The fraction of sp³-hybridized carbons (Fsp3) is 0.571. The van der Waals surface area contributed by atoms with Gasteiger partial charge in [-0.2, -0.15) is 0 Å². The van der Waals surface area contributed by atoms with E-state index in [2.05, 4.69) is 37.3 Å². The number of fused-ring (bicyclic) bond motifs is 2. The summed E-state index contributed by atoms with van der Waals surface area (Å²) in [6.45, 7) is 4.97. The number of esters is 1. The minimum absolute atomic E-state index is 0.109. The third-order valence-electron chi connectivity index (χ3n) is 5.93. The summed E-state index contributed by atoms with van der Waals surface area (Å²) in [5.74, 6) is 1.37. The zero-order valence-corrected chi connectivity index (χ0v) is 15.1. The van der Waals surface area contributed by atoms with Crippen molar-refractivity contribution in [1.82, 2.24) is 0 Å². The first-order chi connectivity index (χ1) is 11.8. The third-order valence-corrected chi connectivity index (χ3v) is 5.93. The molecule has 0 aliphatic carbocycles. The molecule has 2 heterocycles. The molecule has 3 heteroatoms. The van der Waals surface area contributed by atoms with Crippen LogP contribution in [0.1, 0.15) is 64.4 Å². The highest BCUT2D eigenvalue weighted by Gasteiger charge is 2.43. The Bertz CT molecular complexity index is 571. The Morgan fingerprint density at radius 3 is 2.12 bits per heavy atom. The van der Waals surface area contributed by atoms with E-state index in [1.807, 2.05) is 6.92 Å². The summed E-state index contributed by atoms with van der Waals surface area (Å²) in [7, 11) is 0. The van der Waals surface area contributed by atoms with Crippen LogP contribution in [0.5, 0.6) is 0 Å². The van der Waals surface area contributed by atoms with E-state index in [4.69, 9.17) is 4.74 Å². The van der Waals surface area contributed by atoms with Crippen molar-refractivity contribution in [2.45, 2.75) is 70.4 Å². The lowest BCUT2D eigenvalue weighted by Crippen LogP contribution is -2.37. The molecule has 0 amide bonds. The summed E-state index contributed by atoms with van der Waals surface area (Å²) in [5, 5.41) is 0. The maximum atomic E-state index is 12.7. The molecule has 0 saturated carbocycles. The molecule has 24 heavy (non-hydrogen) atoms. The fourth-order valence-corrected chi connectivity index (χ4v) is 5.00. The second-order valence-electron chi connectivity index (χ2n) is 7.24. The number of carbonyl (C=O) groups is 1. The number of ether oxygens (including phenoxy) is 1. The summed E-state index contributed by atoms with van der Waals surface area (Å²) >= 11 is 0. The molecule has 0 aromatic heterocycles. The first kappa shape index (κ1) is 17.3. The Morgan fingerprint density at radius 1 is 1.04 bits per heavy atom. The van der Waals surface area contributed by atoms with E-state index in [9.17, 15) is 4.79 Å². The van der Waals surface area contributed by atoms with E-state index < -0.39 is 0 Å². The van der Waals surface area contributed by atoms with Crippen LogP contribution in [0.25, 0.3) is 5.47 Å². The smallest absolute Gasteiger partial charge is 0.333 e. The molecule has 2 bridgehead atoms. The van der Waals surface area contributed by atoms with E-state index in [1.54, 1.807) is 0 Å². The second-order valence-corrected chi connectivity index (χ2v) is 7.24. The highest BCUT2D eigenvalue weighted by Crippen LogP contribution is 2.51. The monoisotopic (exact) mass is 324 g/mol. The fourth-order valence-electron chi connectivity index (χ4n) is 5.00. The van der Waals surface area contributed by atoms with Crippen LogP contribution in [0, 0.1) is 0 Å². The molecule has 1 aromatic carbocycles. The molecule has 1 aromatic rings. The van der Waals surface area contributed by atoms with Gasteiger partial charge >= 0.3 is 5.97 Å². The van der Waals surface area contributed by atoms with Crippen molar-refractivity contribution >= 4 is 18.2 Å². The number of rotatable bonds is 5.